The first-order valence-electron chi connectivity index (χ1n) is 12.2. The molecule has 2 amide bonds. The molecule has 2 unspecified atom stereocenters. The highest BCUT2D eigenvalue weighted by Gasteiger charge is 2.42. The molecule has 2 aliphatic rings. The molecular formula is C27H32N2O6. The predicted octanol–water partition coefficient (Wildman–Crippen LogP) is 3.52. The third-order valence-electron chi connectivity index (χ3n) is 6.95. The van der Waals surface area contributed by atoms with E-state index in [2.05, 4.69) is 29.6 Å². The highest BCUT2D eigenvalue weighted by Crippen LogP contribution is 2.44. The zero-order valence-electron chi connectivity index (χ0n) is 19.9. The topological polar surface area (TPSA) is 116 Å². The van der Waals surface area contributed by atoms with Crippen LogP contribution < -0.4 is 5.32 Å². The number of aliphatic hydroxyl groups is 1. The van der Waals surface area contributed by atoms with E-state index in [4.69, 9.17) is 4.74 Å². The first-order valence-corrected chi connectivity index (χ1v) is 12.2. The van der Waals surface area contributed by atoms with E-state index in [1.165, 1.54) is 4.90 Å². The smallest absolute Gasteiger partial charge is 0.407 e. The fraction of sp³-hybridized carbons (Fsp3) is 0.444. The van der Waals surface area contributed by atoms with Crippen molar-refractivity contribution in [2.24, 2.45) is 0 Å². The van der Waals surface area contributed by atoms with Gasteiger partial charge in [-0.25, -0.2) is 9.59 Å². The Morgan fingerprint density at radius 1 is 1.11 bits per heavy atom. The van der Waals surface area contributed by atoms with E-state index in [0.717, 1.165) is 28.7 Å². The number of benzene rings is 2. The molecule has 1 saturated heterocycles. The quantitative estimate of drug-likeness (QED) is 0.532. The zero-order valence-corrected chi connectivity index (χ0v) is 19.9. The van der Waals surface area contributed by atoms with Crippen LogP contribution in [0.1, 0.15) is 56.1 Å². The molecule has 1 aliphatic carbocycles. The lowest BCUT2D eigenvalue weighted by Gasteiger charge is -2.37. The van der Waals surface area contributed by atoms with Gasteiger partial charge in [0, 0.05) is 24.9 Å². The minimum atomic E-state index is -1.92. The SMILES string of the molecule is CCCC(CC(=O)N1CCCC(O)(C(=O)O)C1)NC(=O)OCC1c2ccccc2-c2ccccc21. The van der Waals surface area contributed by atoms with Gasteiger partial charge in [-0.15, -0.1) is 0 Å². The number of carboxylic acids is 1. The zero-order chi connectivity index (χ0) is 25.0. The average Bonchev–Trinajstić information content (AvgIpc) is 3.16. The van der Waals surface area contributed by atoms with Crippen molar-refractivity contribution in [3.8, 4) is 11.1 Å². The van der Waals surface area contributed by atoms with E-state index in [1.807, 2.05) is 31.2 Å². The van der Waals surface area contributed by atoms with E-state index in [9.17, 15) is 24.6 Å². The number of carbonyl (C=O) groups excluding carboxylic acids is 2. The second-order valence-corrected chi connectivity index (χ2v) is 9.42. The summed E-state index contributed by atoms with van der Waals surface area (Å²) in [5, 5.41) is 22.4. The second-order valence-electron chi connectivity index (χ2n) is 9.42. The summed E-state index contributed by atoms with van der Waals surface area (Å²) in [5.74, 6) is -1.67. The molecule has 1 aliphatic heterocycles. The Balaban J connectivity index is 1.36. The standard InChI is InChI=1S/C27H32N2O6/c1-2-8-18(15-24(30)29-14-7-13-27(34,17-29)25(31)32)28-26(33)35-16-23-21-11-5-3-9-19(21)20-10-4-6-12-22(20)23/h3-6,9-12,18,23,34H,2,7-8,13-17H2,1H3,(H,28,33)(H,31,32). The van der Waals surface area contributed by atoms with Gasteiger partial charge in [-0.2, -0.15) is 0 Å². The van der Waals surface area contributed by atoms with E-state index < -0.39 is 23.7 Å². The molecule has 2 aromatic rings. The molecule has 8 nitrogen and oxygen atoms in total. The van der Waals surface area contributed by atoms with Crippen molar-refractivity contribution in [1.29, 1.82) is 0 Å². The Kier molecular flexibility index (Phi) is 7.40. The normalized spacial score (nSPS) is 20.0. The Morgan fingerprint density at radius 3 is 2.34 bits per heavy atom. The number of piperidine rings is 1. The summed E-state index contributed by atoms with van der Waals surface area (Å²) in [4.78, 5) is 38.3. The lowest BCUT2D eigenvalue weighted by Crippen LogP contribution is -2.55. The lowest BCUT2D eigenvalue weighted by molar-refractivity contribution is -0.166. The summed E-state index contributed by atoms with van der Waals surface area (Å²) in [7, 11) is 0. The number of hydrogen-bond acceptors (Lipinski definition) is 5. The minimum absolute atomic E-state index is 0.0216. The van der Waals surface area contributed by atoms with Gasteiger partial charge in [0.15, 0.2) is 5.60 Å². The molecular weight excluding hydrogens is 448 g/mol. The van der Waals surface area contributed by atoms with Gasteiger partial charge in [-0.1, -0.05) is 61.9 Å². The Bertz CT molecular complexity index is 1060. The maximum atomic E-state index is 12.8. The number of carbonyl (C=O) groups is 3. The fourth-order valence-electron chi connectivity index (χ4n) is 5.14. The van der Waals surface area contributed by atoms with E-state index >= 15 is 0 Å². The van der Waals surface area contributed by atoms with Crippen molar-refractivity contribution in [3.05, 3.63) is 59.7 Å². The number of rotatable bonds is 8. The first kappa shape index (κ1) is 24.7. The molecule has 0 spiro atoms. The van der Waals surface area contributed by atoms with E-state index in [-0.39, 0.29) is 37.8 Å². The number of nitrogens with zero attached hydrogens (tertiary/aromatic N) is 1. The number of nitrogens with one attached hydrogen (secondary N) is 1. The molecule has 1 fully saturated rings. The van der Waals surface area contributed by atoms with Crippen LogP contribution in [0.5, 0.6) is 0 Å². The molecule has 35 heavy (non-hydrogen) atoms. The molecule has 0 bridgehead atoms. The first-order chi connectivity index (χ1) is 16.8. The van der Waals surface area contributed by atoms with Gasteiger partial charge >= 0.3 is 12.1 Å². The van der Waals surface area contributed by atoms with Crippen molar-refractivity contribution in [3.63, 3.8) is 0 Å². The number of β-amino-alcohol motifs (C(OH)–C–C–N with tert-alkyl or cyclic N) is 1. The van der Waals surface area contributed by atoms with Crippen LogP contribution in [0.4, 0.5) is 4.79 Å². The molecule has 8 heteroatoms. The van der Waals surface area contributed by atoms with Gasteiger partial charge in [0.2, 0.25) is 5.91 Å². The van der Waals surface area contributed by atoms with Crippen LogP contribution >= 0.6 is 0 Å². The number of amides is 2. The number of hydrogen-bond donors (Lipinski definition) is 3. The Hall–Kier alpha value is -3.39. The number of likely N-dealkylation sites (tertiary alicyclic amines) is 1. The van der Waals surface area contributed by atoms with Crippen LogP contribution in [0.2, 0.25) is 0 Å². The second kappa shape index (κ2) is 10.5. The van der Waals surface area contributed by atoms with E-state index in [0.29, 0.717) is 19.4 Å². The number of aliphatic carboxylic acids is 1. The summed E-state index contributed by atoms with van der Waals surface area (Å²) < 4.78 is 5.62. The van der Waals surface area contributed by atoms with Gasteiger partial charge < -0.3 is 25.2 Å². The molecule has 3 N–H and O–H groups in total. The number of fused-ring (bicyclic) bond motifs is 3. The van der Waals surface area contributed by atoms with Crippen LogP contribution in [0.25, 0.3) is 11.1 Å². The van der Waals surface area contributed by atoms with E-state index in [1.54, 1.807) is 0 Å². The maximum Gasteiger partial charge on any atom is 0.407 e. The molecule has 1 heterocycles. The monoisotopic (exact) mass is 480 g/mol. The average molecular weight is 481 g/mol. The van der Waals surface area contributed by atoms with Crippen LogP contribution in [0, 0.1) is 0 Å². The number of ether oxygens (including phenoxy) is 1. The molecule has 186 valence electrons. The molecule has 0 saturated carbocycles. The predicted molar refractivity (Wildman–Crippen MR) is 130 cm³/mol. The van der Waals surface area contributed by atoms with Crippen molar-refractivity contribution in [2.75, 3.05) is 19.7 Å². The maximum absolute atomic E-state index is 12.8. The van der Waals surface area contributed by atoms with Crippen molar-refractivity contribution in [2.45, 2.75) is 56.6 Å². The summed E-state index contributed by atoms with van der Waals surface area (Å²) >= 11 is 0. The molecule has 2 aromatic carbocycles. The molecule has 0 aromatic heterocycles. The van der Waals surface area contributed by atoms with Crippen molar-refractivity contribution in [1.82, 2.24) is 10.2 Å². The minimum Gasteiger partial charge on any atom is -0.479 e. The Labute approximate surface area is 204 Å². The fourth-order valence-corrected chi connectivity index (χ4v) is 5.14. The summed E-state index contributed by atoms with van der Waals surface area (Å²) in [5.41, 5.74) is 2.62. The van der Waals surface area contributed by atoms with Crippen LogP contribution in [-0.4, -0.2) is 64.4 Å². The van der Waals surface area contributed by atoms with Crippen molar-refractivity contribution < 1.29 is 29.3 Å². The van der Waals surface area contributed by atoms with Gasteiger partial charge in [0.1, 0.15) is 6.61 Å². The third-order valence-corrected chi connectivity index (χ3v) is 6.95. The van der Waals surface area contributed by atoms with Gasteiger partial charge in [-0.05, 0) is 41.5 Å². The number of alkyl carbamates (subject to hydrolysis) is 1. The van der Waals surface area contributed by atoms with Crippen molar-refractivity contribution >= 4 is 18.0 Å². The highest BCUT2D eigenvalue weighted by molar-refractivity contribution is 5.82. The van der Waals surface area contributed by atoms with Gasteiger partial charge in [0.25, 0.3) is 0 Å². The Morgan fingerprint density at radius 2 is 1.74 bits per heavy atom. The highest BCUT2D eigenvalue weighted by atomic mass is 16.5. The molecule has 2 atom stereocenters. The van der Waals surface area contributed by atoms with Crippen LogP contribution in [-0.2, 0) is 14.3 Å². The summed E-state index contributed by atoms with van der Waals surface area (Å²) in [6, 6.07) is 15.8. The van der Waals surface area contributed by atoms with Crippen LogP contribution in [0.3, 0.4) is 0 Å². The molecule has 0 radical (unpaired) electrons. The lowest BCUT2D eigenvalue weighted by atomic mass is 9.92. The third kappa shape index (κ3) is 5.32. The summed E-state index contributed by atoms with van der Waals surface area (Å²) in [6.45, 7) is 2.29. The van der Waals surface area contributed by atoms with Gasteiger partial charge in [-0.3, -0.25) is 4.79 Å². The van der Waals surface area contributed by atoms with Crippen LogP contribution in [0.15, 0.2) is 48.5 Å². The number of carboxylic acid groups (broad SMARTS) is 1. The largest absolute Gasteiger partial charge is 0.479 e. The van der Waals surface area contributed by atoms with Gasteiger partial charge in [0.05, 0.1) is 6.54 Å². The summed E-state index contributed by atoms with van der Waals surface area (Å²) in [6.07, 6.45) is 1.29. The molecule has 4 rings (SSSR count).